The van der Waals surface area contributed by atoms with Gasteiger partial charge in [0.05, 0.1) is 12.2 Å². The fourth-order valence-electron chi connectivity index (χ4n) is 2.27. The molecule has 3 radical (unpaired) electrons. The van der Waals surface area contributed by atoms with Crippen LogP contribution in [0.1, 0.15) is 26.2 Å². The fraction of sp³-hybridized carbons (Fsp3) is 1.00. The lowest BCUT2D eigenvalue weighted by Crippen LogP contribution is -2.21. The Bertz CT molecular complexity index is 148. The molecule has 0 spiro atoms. The standard InChI is InChI=1S/C9H15OSi/c1-6-4-8-9(10-8)5-7(6)2-3-11/h6-9H,2-5H2,1H3. The van der Waals surface area contributed by atoms with Crippen molar-refractivity contribution in [1.29, 1.82) is 0 Å². The summed E-state index contributed by atoms with van der Waals surface area (Å²) in [6.07, 6.45) is 5.24. The van der Waals surface area contributed by atoms with E-state index in [4.69, 9.17) is 4.74 Å². The highest BCUT2D eigenvalue weighted by atomic mass is 28.1. The first kappa shape index (κ1) is 7.81. The molecule has 2 aliphatic rings. The van der Waals surface area contributed by atoms with Gasteiger partial charge in [-0.1, -0.05) is 19.4 Å². The van der Waals surface area contributed by atoms with Gasteiger partial charge < -0.3 is 4.74 Å². The molecule has 0 amide bonds. The molecule has 2 heteroatoms. The Labute approximate surface area is 71.9 Å². The molecule has 0 aromatic rings. The quantitative estimate of drug-likeness (QED) is 0.451. The lowest BCUT2D eigenvalue weighted by atomic mass is 9.79. The van der Waals surface area contributed by atoms with Gasteiger partial charge in [-0.3, -0.25) is 0 Å². The van der Waals surface area contributed by atoms with Crippen LogP contribution in [0.2, 0.25) is 6.04 Å². The zero-order chi connectivity index (χ0) is 7.84. The van der Waals surface area contributed by atoms with Crippen LogP contribution in [0.15, 0.2) is 0 Å². The van der Waals surface area contributed by atoms with Gasteiger partial charge in [0.1, 0.15) is 0 Å². The highest BCUT2D eigenvalue weighted by Gasteiger charge is 2.46. The van der Waals surface area contributed by atoms with E-state index < -0.39 is 0 Å². The van der Waals surface area contributed by atoms with Gasteiger partial charge in [0.15, 0.2) is 0 Å². The van der Waals surface area contributed by atoms with Gasteiger partial charge in [-0.05, 0) is 24.7 Å². The largest absolute Gasteiger partial charge is 0.370 e. The Morgan fingerprint density at radius 2 is 2.09 bits per heavy atom. The molecule has 1 aliphatic carbocycles. The fourth-order valence-corrected chi connectivity index (χ4v) is 2.64. The van der Waals surface area contributed by atoms with E-state index in [0.717, 1.165) is 17.9 Å². The summed E-state index contributed by atoms with van der Waals surface area (Å²) in [5, 5.41) is 0. The minimum atomic E-state index is 0.648. The van der Waals surface area contributed by atoms with Gasteiger partial charge in [0, 0.05) is 10.2 Å². The summed E-state index contributed by atoms with van der Waals surface area (Å²) in [5.41, 5.74) is 0. The van der Waals surface area contributed by atoms with Crippen molar-refractivity contribution in [1.82, 2.24) is 0 Å². The molecule has 4 atom stereocenters. The third kappa shape index (κ3) is 1.52. The minimum absolute atomic E-state index is 0.648. The van der Waals surface area contributed by atoms with E-state index in [1.54, 1.807) is 0 Å². The SMILES string of the molecule is CC1CC2OC2CC1CC[Si]. The molecule has 0 N–H and O–H groups in total. The van der Waals surface area contributed by atoms with Crippen molar-refractivity contribution in [2.24, 2.45) is 11.8 Å². The number of fused-ring (bicyclic) bond motifs is 1. The second-order valence-corrected chi connectivity index (χ2v) is 4.46. The molecule has 2 rings (SSSR count). The third-order valence-electron chi connectivity index (χ3n) is 3.15. The predicted octanol–water partition coefficient (Wildman–Crippen LogP) is 1.78. The highest BCUT2D eigenvalue weighted by Crippen LogP contribution is 2.43. The molecular weight excluding hydrogens is 152 g/mol. The number of hydrogen-bond acceptors (Lipinski definition) is 1. The molecule has 0 aromatic carbocycles. The van der Waals surface area contributed by atoms with E-state index in [1.165, 1.54) is 19.3 Å². The molecule has 0 bridgehead atoms. The van der Waals surface area contributed by atoms with Crippen LogP contribution in [-0.4, -0.2) is 22.5 Å². The Balaban J connectivity index is 1.87. The highest BCUT2D eigenvalue weighted by molar-refractivity contribution is 6.08. The average Bonchev–Trinajstić information content (AvgIpc) is 2.67. The number of hydrogen-bond donors (Lipinski definition) is 0. The van der Waals surface area contributed by atoms with E-state index in [0.29, 0.717) is 12.2 Å². The van der Waals surface area contributed by atoms with E-state index in [1.807, 2.05) is 0 Å². The van der Waals surface area contributed by atoms with Crippen LogP contribution >= 0.6 is 0 Å². The van der Waals surface area contributed by atoms with Gasteiger partial charge in [-0.25, -0.2) is 0 Å². The van der Waals surface area contributed by atoms with Gasteiger partial charge in [-0.15, -0.1) is 0 Å². The summed E-state index contributed by atoms with van der Waals surface area (Å²) in [6, 6.07) is 1.15. The first-order valence-electron chi connectivity index (χ1n) is 4.61. The maximum Gasteiger partial charge on any atom is 0.0844 e. The summed E-state index contributed by atoms with van der Waals surface area (Å²) >= 11 is 0. The molecule has 2 fully saturated rings. The zero-order valence-electron chi connectivity index (χ0n) is 7.05. The minimum Gasteiger partial charge on any atom is -0.370 e. The van der Waals surface area contributed by atoms with E-state index in [9.17, 15) is 0 Å². The van der Waals surface area contributed by atoms with Gasteiger partial charge in [0.2, 0.25) is 0 Å². The van der Waals surface area contributed by atoms with Crippen LogP contribution in [0, 0.1) is 11.8 Å². The summed E-state index contributed by atoms with van der Waals surface area (Å²) in [5.74, 6) is 1.80. The summed E-state index contributed by atoms with van der Waals surface area (Å²) in [4.78, 5) is 0. The second-order valence-electron chi connectivity index (χ2n) is 3.96. The Morgan fingerprint density at radius 1 is 1.36 bits per heavy atom. The molecule has 4 unspecified atom stereocenters. The molecular formula is C9H15OSi. The first-order valence-corrected chi connectivity index (χ1v) is 5.32. The Hall–Kier alpha value is 0.177. The molecule has 1 saturated heterocycles. The Morgan fingerprint density at radius 3 is 2.82 bits per heavy atom. The monoisotopic (exact) mass is 167 g/mol. The number of rotatable bonds is 2. The molecule has 11 heavy (non-hydrogen) atoms. The number of epoxide rings is 1. The van der Waals surface area contributed by atoms with E-state index in [-0.39, 0.29) is 0 Å². The van der Waals surface area contributed by atoms with Gasteiger partial charge in [-0.2, -0.15) is 0 Å². The van der Waals surface area contributed by atoms with Crippen molar-refractivity contribution in [3.05, 3.63) is 0 Å². The van der Waals surface area contributed by atoms with Gasteiger partial charge in [0.25, 0.3) is 0 Å². The number of ether oxygens (including phenoxy) is 1. The smallest absolute Gasteiger partial charge is 0.0844 e. The molecule has 1 heterocycles. The van der Waals surface area contributed by atoms with Crippen molar-refractivity contribution >= 4 is 10.2 Å². The predicted molar refractivity (Wildman–Crippen MR) is 45.7 cm³/mol. The van der Waals surface area contributed by atoms with Gasteiger partial charge >= 0.3 is 0 Å². The van der Waals surface area contributed by atoms with Crippen molar-refractivity contribution < 1.29 is 4.74 Å². The zero-order valence-corrected chi connectivity index (χ0v) is 8.05. The molecule has 1 aliphatic heterocycles. The molecule has 1 saturated carbocycles. The lowest BCUT2D eigenvalue weighted by Gasteiger charge is -2.25. The average molecular weight is 167 g/mol. The van der Waals surface area contributed by atoms with Crippen LogP contribution in [0.3, 0.4) is 0 Å². The van der Waals surface area contributed by atoms with Crippen LogP contribution < -0.4 is 0 Å². The Kier molecular flexibility index (Phi) is 2.06. The summed E-state index contributed by atoms with van der Waals surface area (Å²) < 4.78 is 5.51. The third-order valence-corrected chi connectivity index (χ3v) is 3.44. The van der Waals surface area contributed by atoms with Crippen molar-refractivity contribution in [2.45, 2.75) is 44.4 Å². The van der Waals surface area contributed by atoms with Crippen LogP contribution in [0.4, 0.5) is 0 Å². The lowest BCUT2D eigenvalue weighted by molar-refractivity contribution is 0.277. The van der Waals surface area contributed by atoms with Crippen LogP contribution in [0.5, 0.6) is 0 Å². The van der Waals surface area contributed by atoms with E-state index >= 15 is 0 Å². The van der Waals surface area contributed by atoms with Crippen LogP contribution in [0.25, 0.3) is 0 Å². The second kappa shape index (κ2) is 2.90. The maximum absolute atomic E-state index is 5.51. The summed E-state index contributed by atoms with van der Waals surface area (Å²) in [7, 11) is 3.55. The topological polar surface area (TPSA) is 12.5 Å². The van der Waals surface area contributed by atoms with Crippen LogP contribution in [-0.2, 0) is 4.74 Å². The summed E-state index contributed by atoms with van der Waals surface area (Å²) in [6.45, 7) is 2.37. The molecule has 1 nitrogen and oxygen atoms in total. The van der Waals surface area contributed by atoms with Crippen molar-refractivity contribution in [3.8, 4) is 0 Å². The van der Waals surface area contributed by atoms with Crippen molar-refractivity contribution in [3.63, 3.8) is 0 Å². The molecule has 61 valence electrons. The van der Waals surface area contributed by atoms with Crippen molar-refractivity contribution in [2.75, 3.05) is 0 Å². The normalized spacial score (nSPS) is 48.5. The van der Waals surface area contributed by atoms with E-state index in [2.05, 4.69) is 17.2 Å². The first-order chi connectivity index (χ1) is 5.31. The maximum atomic E-state index is 5.51. The molecule has 0 aromatic heterocycles.